The maximum Gasteiger partial charge on any atom is 0.325 e. The Morgan fingerprint density at radius 1 is 1.16 bits per heavy atom. The molecule has 2 aromatic carbocycles. The third-order valence-electron chi connectivity index (χ3n) is 3.72. The van der Waals surface area contributed by atoms with Gasteiger partial charge in [-0.3, -0.25) is 5.32 Å². The maximum absolute atomic E-state index is 12.2. The van der Waals surface area contributed by atoms with Crippen molar-refractivity contribution in [3.8, 4) is 5.75 Å². The van der Waals surface area contributed by atoms with E-state index in [-0.39, 0.29) is 6.03 Å². The fraction of sp³-hybridized carbons (Fsp3) is 0.263. The average Bonchev–Trinajstić information content (AvgIpc) is 2.98. The van der Waals surface area contributed by atoms with Gasteiger partial charge in [0.2, 0.25) is 0 Å². The number of hydrogen-bond donors (Lipinski definition) is 2. The van der Waals surface area contributed by atoms with Crippen LogP contribution in [0.5, 0.6) is 5.75 Å². The van der Waals surface area contributed by atoms with Gasteiger partial charge in [0.05, 0.1) is 16.8 Å². The van der Waals surface area contributed by atoms with Crippen LogP contribution in [0.4, 0.5) is 15.6 Å². The highest BCUT2D eigenvalue weighted by Crippen LogP contribution is 2.31. The van der Waals surface area contributed by atoms with E-state index in [1.165, 1.54) is 16.9 Å². The summed E-state index contributed by atoms with van der Waals surface area (Å²) in [5.74, 6) is 1.16. The number of carbonyl (C=O) groups excluding carboxylic acids is 1. The lowest BCUT2D eigenvalue weighted by molar-refractivity contribution is 0.262. The SMILES string of the molecule is CCOc1ccc(NC(=O)Nc2nc3c(C(C)C)cccc3s2)cc1. The lowest BCUT2D eigenvalue weighted by Gasteiger charge is -2.07. The van der Waals surface area contributed by atoms with Crippen molar-refractivity contribution in [3.05, 3.63) is 48.0 Å². The average molecular weight is 355 g/mol. The zero-order valence-corrected chi connectivity index (χ0v) is 15.3. The first-order valence-corrected chi connectivity index (χ1v) is 9.08. The number of para-hydroxylation sites is 1. The highest BCUT2D eigenvalue weighted by molar-refractivity contribution is 7.22. The van der Waals surface area contributed by atoms with Crippen molar-refractivity contribution in [2.45, 2.75) is 26.7 Å². The number of aromatic nitrogens is 1. The van der Waals surface area contributed by atoms with Crippen LogP contribution in [0.3, 0.4) is 0 Å². The number of ether oxygens (including phenoxy) is 1. The molecule has 25 heavy (non-hydrogen) atoms. The van der Waals surface area contributed by atoms with Crippen molar-refractivity contribution in [2.75, 3.05) is 17.2 Å². The molecule has 0 aliphatic rings. The van der Waals surface area contributed by atoms with Crippen LogP contribution in [0.2, 0.25) is 0 Å². The van der Waals surface area contributed by atoms with Gasteiger partial charge in [-0.05, 0) is 48.7 Å². The molecule has 0 aliphatic heterocycles. The van der Waals surface area contributed by atoms with E-state index in [0.717, 1.165) is 16.0 Å². The van der Waals surface area contributed by atoms with Gasteiger partial charge in [0.15, 0.2) is 5.13 Å². The summed E-state index contributed by atoms with van der Waals surface area (Å²) in [5.41, 5.74) is 2.84. The molecule has 0 aliphatic carbocycles. The van der Waals surface area contributed by atoms with Crippen LogP contribution in [-0.2, 0) is 0 Å². The van der Waals surface area contributed by atoms with Crippen molar-refractivity contribution >= 4 is 38.4 Å². The summed E-state index contributed by atoms with van der Waals surface area (Å²) < 4.78 is 6.46. The van der Waals surface area contributed by atoms with Crippen molar-refractivity contribution < 1.29 is 9.53 Å². The summed E-state index contributed by atoms with van der Waals surface area (Å²) in [6.45, 7) is 6.82. The highest BCUT2D eigenvalue weighted by Gasteiger charge is 2.12. The first-order valence-electron chi connectivity index (χ1n) is 8.27. The number of anilines is 2. The Balaban J connectivity index is 1.70. The minimum atomic E-state index is -0.311. The Bertz CT molecular complexity index is 872. The van der Waals surface area contributed by atoms with Gasteiger partial charge in [-0.15, -0.1) is 0 Å². The quantitative estimate of drug-likeness (QED) is 0.638. The molecule has 1 aromatic heterocycles. The summed E-state index contributed by atoms with van der Waals surface area (Å²) in [5, 5.41) is 6.20. The van der Waals surface area contributed by atoms with Gasteiger partial charge in [0.25, 0.3) is 0 Å². The number of urea groups is 1. The van der Waals surface area contributed by atoms with Crippen LogP contribution in [-0.4, -0.2) is 17.6 Å². The molecule has 2 N–H and O–H groups in total. The van der Waals surface area contributed by atoms with E-state index in [2.05, 4.69) is 35.5 Å². The Labute approximate surface area is 151 Å². The summed E-state index contributed by atoms with van der Waals surface area (Å²) >= 11 is 1.47. The number of fused-ring (bicyclic) bond motifs is 1. The summed E-state index contributed by atoms with van der Waals surface area (Å²) in [6, 6.07) is 13.1. The van der Waals surface area contributed by atoms with Crippen LogP contribution in [0.15, 0.2) is 42.5 Å². The predicted octanol–water partition coefficient (Wildman–Crippen LogP) is 5.46. The molecular formula is C19H21N3O2S. The van der Waals surface area contributed by atoms with Crippen molar-refractivity contribution in [1.82, 2.24) is 4.98 Å². The Hall–Kier alpha value is -2.60. The molecule has 5 nitrogen and oxygen atoms in total. The molecule has 0 atom stereocenters. The monoisotopic (exact) mass is 355 g/mol. The number of rotatable bonds is 5. The summed E-state index contributed by atoms with van der Waals surface area (Å²) in [6.07, 6.45) is 0. The Kier molecular flexibility index (Phi) is 5.19. The van der Waals surface area contributed by atoms with Gasteiger partial charge in [-0.25, -0.2) is 9.78 Å². The van der Waals surface area contributed by atoms with E-state index >= 15 is 0 Å². The highest BCUT2D eigenvalue weighted by atomic mass is 32.1. The molecule has 0 saturated carbocycles. The van der Waals surface area contributed by atoms with Crippen molar-refractivity contribution in [2.24, 2.45) is 0 Å². The largest absolute Gasteiger partial charge is 0.494 e. The number of hydrogen-bond acceptors (Lipinski definition) is 4. The molecule has 2 amide bonds. The van der Waals surface area contributed by atoms with Gasteiger partial charge in [-0.2, -0.15) is 0 Å². The van der Waals surface area contributed by atoms with Gasteiger partial charge in [0.1, 0.15) is 5.75 Å². The van der Waals surface area contributed by atoms with E-state index in [1.807, 2.05) is 31.2 Å². The molecule has 0 unspecified atom stereocenters. The smallest absolute Gasteiger partial charge is 0.325 e. The fourth-order valence-corrected chi connectivity index (χ4v) is 3.45. The lowest BCUT2D eigenvalue weighted by atomic mass is 10.0. The van der Waals surface area contributed by atoms with E-state index in [0.29, 0.717) is 23.3 Å². The minimum Gasteiger partial charge on any atom is -0.494 e. The summed E-state index contributed by atoms with van der Waals surface area (Å²) in [4.78, 5) is 16.8. The molecular weight excluding hydrogens is 334 g/mol. The third-order valence-corrected chi connectivity index (χ3v) is 4.65. The Morgan fingerprint density at radius 2 is 1.92 bits per heavy atom. The summed E-state index contributed by atoms with van der Waals surface area (Å²) in [7, 11) is 0. The molecule has 1 heterocycles. The van der Waals surface area contributed by atoms with Gasteiger partial charge in [0, 0.05) is 5.69 Å². The number of nitrogens with one attached hydrogen (secondary N) is 2. The first-order chi connectivity index (χ1) is 12.1. The minimum absolute atomic E-state index is 0.311. The second-order valence-electron chi connectivity index (χ2n) is 5.90. The fourth-order valence-electron chi connectivity index (χ4n) is 2.55. The molecule has 6 heteroatoms. The molecule has 0 fully saturated rings. The molecule has 3 aromatic rings. The molecule has 0 saturated heterocycles. The van der Waals surface area contributed by atoms with Crippen LogP contribution in [0, 0.1) is 0 Å². The second kappa shape index (κ2) is 7.53. The van der Waals surface area contributed by atoms with E-state index in [9.17, 15) is 4.79 Å². The van der Waals surface area contributed by atoms with Crippen LogP contribution < -0.4 is 15.4 Å². The van der Waals surface area contributed by atoms with Gasteiger partial charge < -0.3 is 10.1 Å². The molecule has 0 radical (unpaired) electrons. The molecule has 0 bridgehead atoms. The topological polar surface area (TPSA) is 63.2 Å². The lowest BCUT2D eigenvalue weighted by Crippen LogP contribution is -2.19. The standard InChI is InChI=1S/C19H21N3O2S/c1-4-24-14-10-8-13(9-11-14)20-18(23)22-19-21-17-15(12(2)3)6-5-7-16(17)25-19/h5-12H,4H2,1-3H3,(H2,20,21,22,23). The van der Waals surface area contributed by atoms with Crippen molar-refractivity contribution in [3.63, 3.8) is 0 Å². The van der Waals surface area contributed by atoms with Crippen LogP contribution >= 0.6 is 11.3 Å². The second-order valence-corrected chi connectivity index (χ2v) is 6.93. The number of nitrogens with zero attached hydrogens (tertiary/aromatic N) is 1. The number of benzene rings is 2. The maximum atomic E-state index is 12.2. The van der Waals surface area contributed by atoms with E-state index in [4.69, 9.17) is 4.74 Å². The Morgan fingerprint density at radius 3 is 2.60 bits per heavy atom. The van der Waals surface area contributed by atoms with E-state index in [1.54, 1.807) is 12.1 Å². The predicted molar refractivity (Wildman–Crippen MR) is 104 cm³/mol. The van der Waals surface area contributed by atoms with Gasteiger partial charge in [-0.1, -0.05) is 37.3 Å². The first kappa shape index (κ1) is 17.2. The number of thiazole rings is 1. The third kappa shape index (κ3) is 4.09. The van der Waals surface area contributed by atoms with E-state index < -0.39 is 0 Å². The molecule has 0 spiro atoms. The zero-order valence-electron chi connectivity index (χ0n) is 14.5. The number of carbonyl (C=O) groups is 1. The normalized spacial score (nSPS) is 10.9. The van der Waals surface area contributed by atoms with Gasteiger partial charge >= 0.3 is 6.03 Å². The molecule has 130 valence electrons. The molecule has 3 rings (SSSR count). The van der Waals surface area contributed by atoms with Crippen LogP contribution in [0.25, 0.3) is 10.2 Å². The van der Waals surface area contributed by atoms with Crippen molar-refractivity contribution in [1.29, 1.82) is 0 Å². The zero-order chi connectivity index (χ0) is 17.8. The number of amides is 2. The van der Waals surface area contributed by atoms with Crippen LogP contribution in [0.1, 0.15) is 32.3 Å².